The van der Waals surface area contributed by atoms with Gasteiger partial charge in [-0.2, -0.15) is 0 Å². The molecule has 1 saturated carbocycles. The van der Waals surface area contributed by atoms with Crippen LogP contribution in [0.5, 0.6) is 0 Å². The molecule has 1 aliphatic heterocycles. The number of nitrogens with zero attached hydrogens (tertiary/aromatic N) is 2. The zero-order valence-electron chi connectivity index (χ0n) is 10.7. The van der Waals surface area contributed by atoms with Crippen LogP contribution in [0.1, 0.15) is 19.3 Å². The Labute approximate surface area is 106 Å². The molecule has 2 rings (SSSR count). The van der Waals surface area contributed by atoms with E-state index in [2.05, 4.69) is 0 Å². The van der Waals surface area contributed by atoms with Crippen molar-refractivity contribution in [2.45, 2.75) is 25.3 Å². The Morgan fingerprint density at radius 2 is 2.11 bits per heavy atom. The lowest BCUT2D eigenvalue weighted by Crippen LogP contribution is -2.45. The Hall–Kier alpha value is -1.30. The molecule has 1 N–H and O–H groups in total. The molecule has 6 heteroatoms. The summed E-state index contributed by atoms with van der Waals surface area (Å²) in [6, 6.07) is 0.301. The van der Waals surface area contributed by atoms with Gasteiger partial charge in [0.05, 0.1) is 12.5 Å². The first kappa shape index (κ1) is 13.1. The Kier molecular flexibility index (Phi) is 4.06. The second-order valence-corrected chi connectivity index (χ2v) is 4.97. The zero-order chi connectivity index (χ0) is 13.1. The summed E-state index contributed by atoms with van der Waals surface area (Å²) in [6.07, 6.45) is 2.65. The molecule has 0 bridgehead atoms. The van der Waals surface area contributed by atoms with Crippen molar-refractivity contribution in [3.8, 4) is 0 Å². The summed E-state index contributed by atoms with van der Waals surface area (Å²) in [4.78, 5) is 26.7. The summed E-state index contributed by atoms with van der Waals surface area (Å²) >= 11 is 0. The van der Waals surface area contributed by atoms with Crippen molar-refractivity contribution in [3.63, 3.8) is 0 Å². The zero-order valence-corrected chi connectivity index (χ0v) is 10.7. The lowest BCUT2D eigenvalue weighted by Gasteiger charge is -2.27. The van der Waals surface area contributed by atoms with Crippen LogP contribution in [-0.4, -0.2) is 66.3 Å². The number of aliphatic carboxylic acids is 1. The molecule has 6 nitrogen and oxygen atoms in total. The highest BCUT2D eigenvalue weighted by atomic mass is 16.5. The van der Waals surface area contributed by atoms with Gasteiger partial charge in [0.25, 0.3) is 0 Å². The van der Waals surface area contributed by atoms with Crippen LogP contribution < -0.4 is 0 Å². The van der Waals surface area contributed by atoms with Crippen LogP contribution in [0.2, 0.25) is 0 Å². The maximum Gasteiger partial charge on any atom is 0.320 e. The van der Waals surface area contributed by atoms with E-state index in [9.17, 15) is 9.59 Å². The van der Waals surface area contributed by atoms with E-state index in [1.54, 1.807) is 12.0 Å². The predicted octanol–water partition coefficient (Wildman–Crippen LogP) is 0.624. The first-order valence-corrected chi connectivity index (χ1v) is 6.40. The van der Waals surface area contributed by atoms with Crippen molar-refractivity contribution in [1.82, 2.24) is 9.80 Å². The van der Waals surface area contributed by atoms with Crippen molar-refractivity contribution in [3.05, 3.63) is 0 Å². The van der Waals surface area contributed by atoms with E-state index in [-0.39, 0.29) is 6.03 Å². The fraction of sp³-hybridized carbons (Fsp3) is 0.833. The molecule has 0 aromatic heterocycles. The number of ether oxygens (including phenoxy) is 1. The quantitative estimate of drug-likeness (QED) is 0.783. The molecule has 1 aliphatic carbocycles. The summed E-state index contributed by atoms with van der Waals surface area (Å²) in [7, 11) is 1.62. The summed E-state index contributed by atoms with van der Waals surface area (Å²) in [5.74, 6) is -1.21. The minimum absolute atomic E-state index is 0.0294. The third-order valence-corrected chi connectivity index (χ3v) is 3.58. The molecule has 0 radical (unpaired) electrons. The van der Waals surface area contributed by atoms with E-state index < -0.39 is 11.9 Å². The minimum Gasteiger partial charge on any atom is -0.481 e. The van der Waals surface area contributed by atoms with E-state index in [0.717, 1.165) is 12.8 Å². The van der Waals surface area contributed by atoms with Gasteiger partial charge in [0.2, 0.25) is 0 Å². The van der Waals surface area contributed by atoms with Crippen LogP contribution in [0.3, 0.4) is 0 Å². The molecule has 102 valence electrons. The number of carbonyl (C=O) groups excluding carboxylic acids is 1. The Morgan fingerprint density at radius 3 is 2.61 bits per heavy atom. The molecule has 0 spiro atoms. The van der Waals surface area contributed by atoms with Crippen LogP contribution in [0.15, 0.2) is 0 Å². The second-order valence-electron chi connectivity index (χ2n) is 4.97. The molecule has 2 fully saturated rings. The molecule has 18 heavy (non-hydrogen) atoms. The number of hydrogen-bond donors (Lipinski definition) is 1. The number of rotatable bonds is 5. The minimum atomic E-state index is -0.805. The Balaban J connectivity index is 1.90. The molecule has 1 saturated heterocycles. The van der Waals surface area contributed by atoms with Gasteiger partial charge in [-0.3, -0.25) is 4.79 Å². The van der Waals surface area contributed by atoms with Gasteiger partial charge in [0.15, 0.2) is 0 Å². The summed E-state index contributed by atoms with van der Waals surface area (Å²) in [6.45, 7) is 2.00. The van der Waals surface area contributed by atoms with Gasteiger partial charge in [-0.05, 0) is 19.3 Å². The van der Waals surface area contributed by atoms with Crippen LogP contribution in [0, 0.1) is 5.92 Å². The number of carboxylic acid groups (broad SMARTS) is 1. The van der Waals surface area contributed by atoms with Crippen LogP contribution >= 0.6 is 0 Å². The maximum absolute atomic E-state index is 12.3. The van der Waals surface area contributed by atoms with Crippen molar-refractivity contribution < 1.29 is 19.4 Å². The van der Waals surface area contributed by atoms with Gasteiger partial charge in [0, 0.05) is 32.8 Å². The first-order valence-electron chi connectivity index (χ1n) is 6.40. The molecule has 1 atom stereocenters. The smallest absolute Gasteiger partial charge is 0.320 e. The maximum atomic E-state index is 12.3. The van der Waals surface area contributed by atoms with E-state index >= 15 is 0 Å². The average molecular weight is 256 g/mol. The molecule has 2 aliphatic rings. The van der Waals surface area contributed by atoms with Crippen molar-refractivity contribution in [2.24, 2.45) is 5.92 Å². The molecule has 1 heterocycles. The lowest BCUT2D eigenvalue weighted by molar-refractivity contribution is -0.141. The van der Waals surface area contributed by atoms with Gasteiger partial charge in [-0.25, -0.2) is 4.79 Å². The van der Waals surface area contributed by atoms with Crippen LogP contribution in [-0.2, 0) is 9.53 Å². The van der Waals surface area contributed by atoms with Gasteiger partial charge in [-0.15, -0.1) is 0 Å². The van der Waals surface area contributed by atoms with Gasteiger partial charge < -0.3 is 19.6 Å². The molecule has 0 aromatic carbocycles. The van der Waals surface area contributed by atoms with Crippen molar-refractivity contribution >= 4 is 12.0 Å². The van der Waals surface area contributed by atoms with Gasteiger partial charge in [-0.1, -0.05) is 0 Å². The largest absolute Gasteiger partial charge is 0.481 e. The van der Waals surface area contributed by atoms with E-state index in [1.165, 1.54) is 0 Å². The number of amides is 2. The summed E-state index contributed by atoms with van der Waals surface area (Å²) in [5.41, 5.74) is 0. The van der Waals surface area contributed by atoms with E-state index in [1.807, 2.05) is 4.90 Å². The average Bonchev–Trinajstić information content (AvgIpc) is 3.05. The SMILES string of the molecule is COCCN(C(=O)N1CCC(C(=O)O)C1)C1CC1. The number of urea groups is 1. The number of hydrogen-bond acceptors (Lipinski definition) is 3. The third-order valence-electron chi connectivity index (χ3n) is 3.58. The topological polar surface area (TPSA) is 70.1 Å². The number of carboxylic acids is 1. The predicted molar refractivity (Wildman–Crippen MR) is 64.3 cm³/mol. The monoisotopic (exact) mass is 256 g/mol. The number of carbonyl (C=O) groups is 2. The molecule has 0 aromatic rings. The van der Waals surface area contributed by atoms with Gasteiger partial charge >= 0.3 is 12.0 Å². The van der Waals surface area contributed by atoms with E-state index in [0.29, 0.717) is 38.7 Å². The normalized spacial score (nSPS) is 23.2. The second kappa shape index (κ2) is 5.56. The fourth-order valence-electron chi connectivity index (χ4n) is 2.33. The highest BCUT2D eigenvalue weighted by molar-refractivity contribution is 5.78. The highest BCUT2D eigenvalue weighted by Gasteiger charge is 2.38. The fourth-order valence-corrected chi connectivity index (χ4v) is 2.33. The third kappa shape index (κ3) is 2.93. The Morgan fingerprint density at radius 1 is 1.39 bits per heavy atom. The molecular weight excluding hydrogens is 236 g/mol. The number of methoxy groups -OCH3 is 1. The highest BCUT2D eigenvalue weighted by Crippen LogP contribution is 2.29. The Bertz CT molecular complexity index is 330. The number of likely N-dealkylation sites (tertiary alicyclic amines) is 1. The summed E-state index contributed by atoms with van der Waals surface area (Å²) < 4.78 is 5.02. The van der Waals surface area contributed by atoms with Crippen LogP contribution in [0.4, 0.5) is 4.79 Å². The van der Waals surface area contributed by atoms with Crippen LogP contribution in [0.25, 0.3) is 0 Å². The molecule has 2 amide bonds. The molecule has 1 unspecified atom stereocenters. The summed E-state index contributed by atoms with van der Waals surface area (Å²) in [5, 5.41) is 8.94. The standard InChI is InChI=1S/C12H20N2O4/c1-18-7-6-14(10-2-3-10)12(17)13-5-4-9(8-13)11(15)16/h9-10H,2-8H2,1H3,(H,15,16). The van der Waals surface area contributed by atoms with Crippen molar-refractivity contribution in [1.29, 1.82) is 0 Å². The van der Waals surface area contributed by atoms with Crippen molar-refractivity contribution in [2.75, 3.05) is 33.4 Å². The van der Waals surface area contributed by atoms with E-state index in [4.69, 9.17) is 9.84 Å². The molecular formula is C12H20N2O4. The lowest BCUT2D eigenvalue weighted by atomic mass is 10.1. The van der Waals surface area contributed by atoms with Gasteiger partial charge in [0.1, 0.15) is 0 Å². The first-order chi connectivity index (χ1) is 8.63.